The number of rotatable bonds is 10. The van der Waals surface area contributed by atoms with Crippen LogP contribution in [0, 0.1) is 0 Å². The third-order valence-corrected chi connectivity index (χ3v) is 5.11. The molecule has 0 aliphatic heterocycles. The first-order valence-electron chi connectivity index (χ1n) is 10.3. The average molecular weight is 510 g/mol. The highest BCUT2D eigenvalue weighted by Crippen LogP contribution is 2.36. The highest BCUT2D eigenvalue weighted by molar-refractivity contribution is 9.10. The fourth-order valence-corrected chi connectivity index (χ4v) is 3.47. The van der Waals surface area contributed by atoms with E-state index in [2.05, 4.69) is 31.8 Å². The lowest BCUT2D eigenvalue weighted by atomic mass is 10.2. The van der Waals surface area contributed by atoms with Gasteiger partial charge in [-0.1, -0.05) is 48.5 Å². The van der Waals surface area contributed by atoms with Crippen LogP contribution in [-0.4, -0.2) is 25.1 Å². The number of anilines is 1. The maximum atomic E-state index is 12.0. The molecule has 0 aliphatic carbocycles. The van der Waals surface area contributed by atoms with Crippen LogP contribution in [0.5, 0.6) is 11.5 Å². The Kier molecular flexibility index (Phi) is 9.02. The Hall–Kier alpha value is -3.65. The maximum Gasteiger partial charge on any atom is 0.240 e. The van der Waals surface area contributed by atoms with E-state index in [9.17, 15) is 9.59 Å². The molecule has 3 rings (SSSR count). The standard InChI is InChI=1S/C25H24BrN3O4/c1-32-22-15-19(14-21(26)25(22)33-17-18-8-4-2-5-9-18)16-27-29-24(31)13-12-23(30)28-20-10-6-3-7-11-20/h2-11,14-16H,12-13,17H2,1H3,(H,28,30)(H,29,31). The predicted octanol–water partition coefficient (Wildman–Crippen LogP) is 4.91. The van der Waals surface area contributed by atoms with Crippen LogP contribution in [0.1, 0.15) is 24.0 Å². The van der Waals surface area contributed by atoms with Gasteiger partial charge in [-0.05, 0) is 51.3 Å². The molecule has 0 saturated heterocycles. The first-order chi connectivity index (χ1) is 16.0. The summed E-state index contributed by atoms with van der Waals surface area (Å²) in [5, 5.41) is 6.71. The number of ether oxygens (including phenoxy) is 2. The van der Waals surface area contributed by atoms with Gasteiger partial charge in [0.15, 0.2) is 11.5 Å². The van der Waals surface area contributed by atoms with E-state index in [0.717, 1.165) is 5.56 Å². The summed E-state index contributed by atoms with van der Waals surface area (Å²) >= 11 is 3.50. The summed E-state index contributed by atoms with van der Waals surface area (Å²) in [6.07, 6.45) is 1.58. The Morgan fingerprint density at radius 3 is 2.33 bits per heavy atom. The molecule has 3 aromatic carbocycles. The summed E-state index contributed by atoms with van der Waals surface area (Å²) in [5.41, 5.74) is 4.86. The van der Waals surface area contributed by atoms with Crippen molar-refractivity contribution in [2.24, 2.45) is 5.10 Å². The molecule has 0 atom stereocenters. The van der Waals surface area contributed by atoms with Crippen LogP contribution in [0.2, 0.25) is 0 Å². The molecule has 33 heavy (non-hydrogen) atoms. The van der Waals surface area contributed by atoms with Crippen LogP contribution in [-0.2, 0) is 16.2 Å². The number of nitrogens with zero attached hydrogens (tertiary/aromatic N) is 1. The van der Waals surface area contributed by atoms with Gasteiger partial charge in [-0.25, -0.2) is 5.43 Å². The molecular weight excluding hydrogens is 486 g/mol. The molecule has 170 valence electrons. The number of carbonyl (C=O) groups excluding carboxylic acids is 2. The van der Waals surface area contributed by atoms with Gasteiger partial charge < -0.3 is 14.8 Å². The van der Waals surface area contributed by atoms with Crippen molar-refractivity contribution in [3.63, 3.8) is 0 Å². The van der Waals surface area contributed by atoms with E-state index in [1.165, 1.54) is 6.21 Å². The van der Waals surface area contributed by atoms with Gasteiger partial charge in [0.2, 0.25) is 11.8 Å². The van der Waals surface area contributed by atoms with Crippen molar-refractivity contribution < 1.29 is 19.1 Å². The summed E-state index contributed by atoms with van der Waals surface area (Å²) in [6.45, 7) is 0.400. The molecule has 0 radical (unpaired) electrons. The minimum absolute atomic E-state index is 0.0231. The second-order valence-electron chi connectivity index (χ2n) is 7.02. The molecule has 2 amide bonds. The molecule has 0 aliphatic rings. The number of hydrogen-bond donors (Lipinski definition) is 2. The molecule has 0 fully saturated rings. The zero-order valence-corrected chi connectivity index (χ0v) is 19.7. The zero-order chi connectivity index (χ0) is 23.5. The van der Waals surface area contributed by atoms with Crippen LogP contribution in [0.25, 0.3) is 0 Å². The predicted molar refractivity (Wildman–Crippen MR) is 132 cm³/mol. The zero-order valence-electron chi connectivity index (χ0n) is 18.1. The molecule has 0 aromatic heterocycles. The van der Waals surface area contributed by atoms with Gasteiger partial charge in [-0.2, -0.15) is 5.10 Å². The number of hydrazone groups is 1. The normalized spacial score (nSPS) is 10.6. The Balaban J connectivity index is 1.51. The Morgan fingerprint density at radius 1 is 0.970 bits per heavy atom. The number of methoxy groups -OCH3 is 1. The van der Waals surface area contributed by atoms with E-state index in [0.29, 0.717) is 33.8 Å². The number of para-hydroxylation sites is 1. The number of nitrogens with one attached hydrogen (secondary N) is 2. The lowest BCUT2D eigenvalue weighted by Gasteiger charge is -2.13. The molecule has 0 heterocycles. The summed E-state index contributed by atoms with van der Waals surface area (Å²) < 4.78 is 12.1. The fraction of sp³-hybridized carbons (Fsp3) is 0.160. The monoisotopic (exact) mass is 509 g/mol. The molecule has 3 aromatic rings. The van der Waals surface area contributed by atoms with E-state index in [-0.39, 0.29) is 24.7 Å². The number of hydrogen-bond acceptors (Lipinski definition) is 5. The minimum atomic E-state index is -0.358. The molecule has 0 unspecified atom stereocenters. The van der Waals surface area contributed by atoms with Crippen molar-refractivity contribution >= 4 is 39.6 Å². The summed E-state index contributed by atoms with van der Waals surface area (Å²) in [4.78, 5) is 23.9. The minimum Gasteiger partial charge on any atom is -0.493 e. The average Bonchev–Trinajstić information content (AvgIpc) is 2.83. The molecule has 8 heteroatoms. The lowest BCUT2D eigenvalue weighted by molar-refractivity contribution is -0.124. The summed E-state index contributed by atoms with van der Waals surface area (Å²) in [7, 11) is 1.56. The Morgan fingerprint density at radius 2 is 1.64 bits per heavy atom. The first-order valence-corrected chi connectivity index (χ1v) is 11.1. The maximum absolute atomic E-state index is 12.0. The Bertz CT molecular complexity index is 1110. The quantitative estimate of drug-likeness (QED) is 0.300. The van der Waals surface area contributed by atoms with Crippen LogP contribution >= 0.6 is 15.9 Å². The third kappa shape index (κ3) is 7.76. The molecule has 7 nitrogen and oxygen atoms in total. The van der Waals surface area contributed by atoms with Crippen molar-refractivity contribution in [3.05, 3.63) is 88.4 Å². The van der Waals surface area contributed by atoms with Crippen LogP contribution < -0.4 is 20.2 Å². The van der Waals surface area contributed by atoms with Crippen molar-refractivity contribution in [1.29, 1.82) is 0 Å². The first kappa shape index (κ1) is 24.0. The second-order valence-corrected chi connectivity index (χ2v) is 7.87. The van der Waals surface area contributed by atoms with Gasteiger partial charge in [0.25, 0.3) is 0 Å². The van der Waals surface area contributed by atoms with Crippen LogP contribution in [0.3, 0.4) is 0 Å². The van der Waals surface area contributed by atoms with Crippen LogP contribution in [0.15, 0.2) is 82.4 Å². The van der Waals surface area contributed by atoms with Crippen molar-refractivity contribution in [1.82, 2.24) is 5.43 Å². The van der Waals surface area contributed by atoms with Gasteiger partial charge in [-0.3, -0.25) is 9.59 Å². The second kappa shape index (κ2) is 12.4. The Labute approximate surface area is 200 Å². The third-order valence-electron chi connectivity index (χ3n) is 4.52. The molecular formula is C25H24BrN3O4. The largest absolute Gasteiger partial charge is 0.493 e. The van der Waals surface area contributed by atoms with E-state index >= 15 is 0 Å². The van der Waals surface area contributed by atoms with E-state index in [4.69, 9.17) is 9.47 Å². The lowest BCUT2D eigenvalue weighted by Crippen LogP contribution is -2.20. The molecule has 0 saturated carbocycles. The number of amides is 2. The van der Waals surface area contributed by atoms with E-state index in [1.54, 1.807) is 25.3 Å². The highest BCUT2D eigenvalue weighted by atomic mass is 79.9. The summed E-state index contributed by atoms with van der Waals surface area (Å²) in [5.74, 6) is 0.515. The highest BCUT2D eigenvalue weighted by Gasteiger charge is 2.12. The number of carbonyl (C=O) groups is 2. The van der Waals surface area contributed by atoms with Gasteiger partial charge in [0, 0.05) is 18.5 Å². The number of benzene rings is 3. The fourth-order valence-electron chi connectivity index (χ4n) is 2.89. The molecule has 2 N–H and O–H groups in total. The van der Waals surface area contributed by atoms with Crippen LogP contribution in [0.4, 0.5) is 5.69 Å². The van der Waals surface area contributed by atoms with Gasteiger partial charge in [0.05, 0.1) is 17.8 Å². The van der Waals surface area contributed by atoms with Crippen molar-refractivity contribution in [2.45, 2.75) is 19.4 Å². The van der Waals surface area contributed by atoms with Crippen molar-refractivity contribution in [3.8, 4) is 11.5 Å². The van der Waals surface area contributed by atoms with Gasteiger partial charge >= 0.3 is 0 Å². The topological polar surface area (TPSA) is 89.0 Å². The smallest absolute Gasteiger partial charge is 0.240 e. The van der Waals surface area contributed by atoms with Crippen molar-refractivity contribution in [2.75, 3.05) is 12.4 Å². The molecule has 0 spiro atoms. The summed E-state index contributed by atoms with van der Waals surface area (Å²) in [6, 6.07) is 22.5. The van der Waals surface area contributed by atoms with E-state index < -0.39 is 0 Å². The SMILES string of the molecule is COc1cc(C=NNC(=O)CCC(=O)Nc2ccccc2)cc(Br)c1OCc1ccccc1. The molecule has 0 bridgehead atoms. The van der Waals surface area contributed by atoms with Gasteiger partial charge in [-0.15, -0.1) is 0 Å². The van der Waals surface area contributed by atoms with Gasteiger partial charge in [0.1, 0.15) is 6.61 Å². The number of halogens is 1. The van der Waals surface area contributed by atoms with E-state index in [1.807, 2.05) is 54.6 Å².